The molecule has 19 rings (SSSR count). The Morgan fingerprint density at radius 1 is 0.587 bits per heavy atom. The highest BCUT2D eigenvalue weighted by Gasteiger charge is 2.44. The number of hydrogen-bond acceptors (Lipinski definition) is 4. The number of rotatable bonds is 15. The van der Waals surface area contributed by atoms with Gasteiger partial charge in [-0.3, -0.25) is 9.59 Å². The molecule has 3 atom stereocenters. The molecule has 0 bridgehead atoms. The van der Waals surface area contributed by atoms with E-state index in [1.807, 2.05) is 60.7 Å². The third kappa shape index (κ3) is 10.4. The largest absolute Gasteiger partial charge is 0.602 e. The van der Waals surface area contributed by atoms with Gasteiger partial charge < -0.3 is 27.6 Å². The van der Waals surface area contributed by atoms with Gasteiger partial charge in [-0.25, -0.2) is 0 Å². The molecule has 0 saturated heterocycles. The van der Waals surface area contributed by atoms with Gasteiger partial charge in [-0.2, -0.15) is 0 Å². The first-order valence-corrected chi connectivity index (χ1v) is 37.3. The van der Waals surface area contributed by atoms with Gasteiger partial charge in [-0.15, -0.1) is 0 Å². The standard InChI is InChI=1S/C95H77BF2N2O4/c1-54-14-5-15-55(2)86(54)91(92-56(3)70-46-40-66-52-64(38-48-74(66)93(70)99-92)58-32-42-68(43-33-58)103-84(101)30-10-16-60-36-50-82-78-26-8-20-62-18-6-24-76(87(62)78)80-28-12-22-72(60)89(80)82)94-57(4)71-47-41-67-53-65(39-49-75(67)95(71)100(94)96(97)98)59-34-44-69(45-35-59)104-85(102)31-11-17-61-37-51-83-79-27-9-21-63-19-7-25-77(88(63)79)81-29-13-23-73(61)90(81)83/h5-9,12-15,19-29,32-39,42-45,48-53,78-79,88,96,99H,10-11,16-18,30-31,40-41,46-47H2,1-4H3/b94-91-. The number of esters is 2. The van der Waals surface area contributed by atoms with Crippen molar-refractivity contribution in [2.75, 3.05) is 0 Å². The predicted molar refractivity (Wildman–Crippen MR) is 419 cm³/mol. The van der Waals surface area contributed by atoms with Crippen molar-refractivity contribution in [3.63, 3.8) is 0 Å². The Morgan fingerprint density at radius 2 is 1.20 bits per heavy atom. The summed E-state index contributed by atoms with van der Waals surface area (Å²) in [7, 11) is -3.89. The van der Waals surface area contributed by atoms with E-state index in [2.05, 4.69) is 203 Å². The van der Waals surface area contributed by atoms with Crippen molar-refractivity contribution in [2.45, 2.75) is 110 Å². The van der Waals surface area contributed by atoms with Crippen LogP contribution in [-0.2, 0) is 41.7 Å². The smallest absolute Gasteiger partial charge is 0.427 e. The molecule has 508 valence electrons. The van der Waals surface area contributed by atoms with Crippen LogP contribution in [0.2, 0.25) is 0 Å². The lowest BCUT2D eigenvalue weighted by molar-refractivity contribution is -0.342. The Hall–Kier alpha value is -11.3. The summed E-state index contributed by atoms with van der Waals surface area (Å²) in [6, 6.07) is 57.1. The average molecular weight is 1360 g/mol. The lowest BCUT2D eigenvalue weighted by Crippen LogP contribution is -2.29. The SMILES string of the molecule is CC1=C2CCc3cc(-c4ccc(OC(=O)CCCc5ccc6c7c(cccc57)C5=CC=CC7=CC=CC6C75)cc4)ccc3C2=[N+]([BH-](F)F)/C1=C(\c1[nH]c2c(c1C)CCc1cc(-c3ccc(OC(=O)CCCc4ccc5c6c(cccc46)C4=C6C(=CC=CC65)CC=C4)cc3)ccc1-2)c1c(C)cccc1C. The van der Waals surface area contributed by atoms with E-state index in [0.29, 0.717) is 73.3 Å². The third-order valence-corrected chi connectivity index (χ3v) is 24.0. The Bertz CT molecular complexity index is 5810. The van der Waals surface area contributed by atoms with Gasteiger partial charge in [-0.05, 0) is 260 Å². The van der Waals surface area contributed by atoms with Crippen LogP contribution in [0.4, 0.5) is 8.63 Å². The number of hydrogen-bond donors (Lipinski definition) is 1. The lowest BCUT2D eigenvalue weighted by Gasteiger charge is -2.38. The molecule has 1 aliphatic heterocycles. The van der Waals surface area contributed by atoms with Gasteiger partial charge in [-0.1, -0.05) is 200 Å². The van der Waals surface area contributed by atoms with Crippen LogP contribution in [0.15, 0.2) is 264 Å². The molecule has 10 aromatic rings. The molecule has 3 unspecified atom stereocenters. The number of carbonyl (C=O) groups is 2. The average Bonchev–Trinajstić information content (AvgIpc) is 1.65. The molecule has 9 aromatic carbocycles. The van der Waals surface area contributed by atoms with E-state index in [4.69, 9.17) is 9.47 Å². The van der Waals surface area contributed by atoms with Crippen molar-refractivity contribution >= 4 is 63.3 Å². The summed E-state index contributed by atoms with van der Waals surface area (Å²) in [4.78, 5) is 30.8. The predicted octanol–water partition coefficient (Wildman–Crippen LogP) is 21.9. The van der Waals surface area contributed by atoms with Gasteiger partial charge in [0.15, 0.2) is 11.4 Å². The quantitative estimate of drug-likeness (QED) is 0.0631. The zero-order valence-electron chi connectivity index (χ0n) is 59.0. The van der Waals surface area contributed by atoms with Crippen molar-refractivity contribution in [3.8, 4) is 45.0 Å². The van der Waals surface area contributed by atoms with Crippen LogP contribution in [-0.4, -0.2) is 34.5 Å². The second-order valence-electron chi connectivity index (χ2n) is 29.7. The van der Waals surface area contributed by atoms with Crippen molar-refractivity contribution in [2.24, 2.45) is 5.92 Å². The number of nitrogens with one attached hydrogen (secondary N) is 1. The second-order valence-corrected chi connectivity index (χ2v) is 29.7. The first-order chi connectivity index (χ1) is 50.9. The topological polar surface area (TPSA) is 71.4 Å². The van der Waals surface area contributed by atoms with Gasteiger partial charge in [0, 0.05) is 58.6 Å². The van der Waals surface area contributed by atoms with Crippen LogP contribution in [0.3, 0.4) is 0 Å². The first-order valence-electron chi connectivity index (χ1n) is 37.3. The molecular weight excluding hydrogens is 1280 g/mol. The number of aryl methyl sites for hydroxylation is 6. The molecule has 104 heavy (non-hydrogen) atoms. The Morgan fingerprint density at radius 3 is 1.89 bits per heavy atom. The van der Waals surface area contributed by atoms with Crippen LogP contribution < -0.4 is 9.47 Å². The number of aromatic nitrogens is 1. The number of fused-ring (bicyclic) bond motifs is 10. The summed E-state index contributed by atoms with van der Waals surface area (Å²) in [6.45, 7) is 8.40. The molecule has 1 aromatic heterocycles. The maximum atomic E-state index is 16.7. The minimum Gasteiger partial charge on any atom is -0.427 e. The number of aromatic amines is 1. The van der Waals surface area contributed by atoms with Crippen LogP contribution in [0.5, 0.6) is 11.5 Å². The zero-order valence-corrected chi connectivity index (χ0v) is 59.0. The van der Waals surface area contributed by atoms with Gasteiger partial charge in [0.25, 0.3) is 0 Å². The molecule has 1 N–H and O–H groups in total. The molecule has 0 saturated carbocycles. The molecule has 9 aliphatic rings. The molecule has 0 spiro atoms. The van der Waals surface area contributed by atoms with Crippen LogP contribution >= 0.6 is 0 Å². The van der Waals surface area contributed by atoms with E-state index >= 15 is 8.63 Å². The van der Waals surface area contributed by atoms with E-state index in [0.717, 1.165) is 121 Å². The summed E-state index contributed by atoms with van der Waals surface area (Å²) in [5.41, 5.74) is 34.0. The maximum absolute atomic E-state index is 16.7. The summed E-state index contributed by atoms with van der Waals surface area (Å²) in [6.07, 6.45) is 32.3. The summed E-state index contributed by atoms with van der Waals surface area (Å²) in [5, 5.41) is 5.19. The second kappa shape index (κ2) is 25.3. The lowest BCUT2D eigenvalue weighted by atomic mass is 9.65. The number of ether oxygens (including phenoxy) is 2. The van der Waals surface area contributed by atoms with Gasteiger partial charge in [0.05, 0.1) is 11.3 Å². The van der Waals surface area contributed by atoms with Gasteiger partial charge in [0.1, 0.15) is 11.5 Å². The maximum Gasteiger partial charge on any atom is 0.602 e. The van der Waals surface area contributed by atoms with E-state index in [9.17, 15) is 9.59 Å². The number of carbonyl (C=O) groups excluding carboxylic acids is 2. The molecule has 8 aliphatic carbocycles. The van der Waals surface area contributed by atoms with E-state index < -0.39 is 7.40 Å². The molecule has 2 heterocycles. The van der Waals surface area contributed by atoms with E-state index in [-0.39, 0.29) is 17.9 Å². The fraction of sp³-hybridized carbons (Fsp3) is 0.189. The van der Waals surface area contributed by atoms with Crippen LogP contribution in [0.1, 0.15) is 141 Å². The van der Waals surface area contributed by atoms with Crippen molar-refractivity contribution < 1.29 is 32.2 Å². The first kappa shape index (κ1) is 63.6. The van der Waals surface area contributed by atoms with Crippen molar-refractivity contribution in [1.29, 1.82) is 0 Å². The molecule has 0 fully saturated rings. The van der Waals surface area contributed by atoms with Crippen LogP contribution in [0.25, 0.3) is 71.8 Å². The van der Waals surface area contributed by atoms with Gasteiger partial charge in [0.2, 0.25) is 0 Å². The molecule has 6 nitrogen and oxygen atoms in total. The molecular formula is C95H77BF2N2O4. The molecule has 9 heteroatoms. The fourth-order valence-electron chi connectivity index (χ4n) is 19.2. The summed E-state index contributed by atoms with van der Waals surface area (Å²) in [5.74, 6) is 1.43. The number of H-pyrrole nitrogens is 1. The normalized spacial score (nSPS) is 18.6. The van der Waals surface area contributed by atoms with E-state index in [1.165, 1.54) is 98.4 Å². The Balaban J connectivity index is 0.545. The highest BCUT2D eigenvalue weighted by Crippen LogP contribution is 2.55. The minimum atomic E-state index is -3.89. The van der Waals surface area contributed by atoms with E-state index in [1.54, 1.807) is 0 Å². The number of nitrogens with zero attached hydrogens (tertiary/aromatic N) is 1. The molecule has 0 amide bonds. The Kier molecular flexibility index (Phi) is 15.5. The minimum absolute atomic E-state index is 0.243. The van der Waals surface area contributed by atoms with Crippen LogP contribution in [0, 0.1) is 26.7 Å². The number of benzene rings is 9. The highest BCUT2D eigenvalue weighted by molar-refractivity contribution is 6.37. The monoisotopic (exact) mass is 1360 g/mol. The zero-order chi connectivity index (χ0) is 70.2. The number of halogens is 2. The third-order valence-electron chi connectivity index (χ3n) is 24.0. The van der Waals surface area contributed by atoms with Gasteiger partial charge >= 0.3 is 19.3 Å². The molecule has 0 radical (unpaired) electrons. The fourth-order valence-corrected chi connectivity index (χ4v) is 19.2. The van der Waals surface area contributed by atoms with Crippen molar-refractivity contribution in [1.82, 2.24) is 4.98 Å². The Labute approximate surface area is 605 Å². The summed E-state index contributed by atoms with van der Waals surface area (Å²) < 4.78 is 46.6. The highest BCUT2D eigenvalue weighted by atomic mass is 19.2. The number of allylic oxidation sites excluding steroid dienone is 18. The van der Waals surface area contributed by atoms with Crippen molar-refractivity contribution in [3.05, 3.63) is 348 Å². The summed E-state index contributed by atoms with van der Waals surface area (Å²) >= 11 is 0.